The Morgan fingerprint density at radius 1 is 0.900 bits per heavy atom. The predicted octanol–water partition coefficient (Wildman–Crippen LogP) is 9.17. The fraction of sp³-hybridized carbons (Fsp3) is 0.806. The van der Waals surface area contributed by atoms with Crippen LogP contribution in [0.15, 0.2) is 12.1 Å². The number of alkyl halides is 4. The second-order valence-electron chi connectivity index (χ2n) is 11.7. The summed E-state index contributed by atoms with van der Waals surface area (Å²) in [4.78, 5) is 0. The highest BCUT2D eigenvalue weighted by Gasteiger charge is 2.46. The molecule has 0 spiro atoms. The summed E-state index contributed by atoms with van der Waals surface area (Å²) < 4.78 is 94.3. The van der Waals surface area contributed by atoms with Gasteiger partial charge in [-0.1, -0.05) is 13.3 Å². The van der Waals surface area contributed by atoms with Crippen molar-refractivity contribution in [3.8, 4) is 5.75 Å². The van der Waals surface area contributed by atoms with Crippen molar-refractivity contribution in [2.45, 2.75) is 122 Å². The van der Waals surface area contributed by atoms with Crippen LogP contribution in [0.25, 0.3) is 0 Å². The van der Waals surface area contributed by atoms with Gasteiger partial charge in [0.2, 0.25) is 0 Å². The molecule has 228 valence electrons. The normalized spacial score (nSPS) is 30.0. The first-order chi connectivity index (χ1) is 19.2. The second kappa shape index (κ2) is 14.6. The van der Waals surface area contributed by atoms with Gasteiger partial charge in [-0.3, -0.25) is 0 Å². The van der Waals surface area contributed by atoms with Gasteiger partial charge in [0.1, 0.15) is 11.6 Å². The summed E-state index contributed by atoms with van der Waals surface area (Å²) in [6.45, 7) is 4.42. The van der Waals surface area contributed by atoms with Gasteiger partial charge in [-0.25, -0.2) is 13.2 Å². The SMILES string of the molecule is CCCCOC1CCC(C2CCC(OC(F)(F)C3CCC(c4ccc(OCC)c(C(F)F)c4F)OC3)CC2)CC1. The van der Waals surface area contributed by atoms with Crippen molar-refractivity contribution >= 4 is 0 Å². The number of rotatable bonds is 12. The molecule has 9 heteroatoms. The topological polar surface area (TPSA) is 36.9 Å². The lowest BCUT2D eigenvalue weighted by Crippen LogP contribution is -2.42. The summed E-state index contributed by atoms with van der Waals surface area (Å²) in [6, 6.07) is 2.64. The van der Waals surface area contributed by atoms with Gasteiger partial charge in [-0.05, 0) is 102 Å². The van der Waals surface area contributed by atoms with E-state index in [1.807, 2.05) is 0 Å². The maximum Gasteiger partial charge on any atom is 0.361 e. The van der Waals surface area contributed by atoms with Crippen LogP contribution in [0.2, 0.25) is 0 Å². The second-order valence-corrected chi connectivity index (χ2v) is 11.7. The van der Waals surface area contributed by atoms with Gasteiger partial charge in [0.05, 0.1) is 43.0 Å². The summed E-state index contributed by atoms with van der Waals surface area (Å²) in [5, 5.41) is 0. The lowest BCUT2D eigenvalue weighted by molar-refractivity contribution is -0.311. The summed E-state index contributed by atoms with van der Waals surface area (Å²) in [6.07, 6.45) is 2.50. The largest absolute Gasteiger partial charge is 0.493 e. The first kappa shape index (κ1) is 31.5. The number of ether oxygens (including phenoxy) is 4. The monoisotopic (exact) mass is 576 g/mol. The van der Waals surface area contributed by atoms with Crippen LogP contribution in [-0.4, -0.2) is 38.1 Å². The van der Waals surface area contributed by atoms with E-state index in [0.717, 1.165) is 58.0 Å². The van der Waals surface area contributed by atoms with Crippen LogP contribution in [0.4, 0.5) is 22.0 Å². The Morgan fingerprint density at radius 3 is 2.10 bits per heavy atom. The molecule has 4 nitrogen and oxygen atoms in total. The molecule has 0 amide bonds. The third kappa shape index (κ3) is 7.88. The molecule has 0 aromatic heterocycles. The summed E-state index contributed by atoms with van der Waals surface area (Å²) >= 11 is 0. The Balaban J connectivity index is 1.23. The first-order valence-electron chi connectivity index (χ1n) is 15.2. The van der Waals surface area contributed by atoms with Crippen molar-refractivity contribution in [1.82, 2.24) is 0 Å². The van der Waals surface area contributed by atoms with Gasteiger partial charge in [0.25, 0.3) is 6.43 Å². The number of benzene rings is 1. The van der Waals surface area contributed by atoms with E-state index in [4.69, 9.17) is 18.9 Å². The van der Waals surface area contributed by atoms with Crippen molar-refractivity contribution in [3.63, 3.8) is 0 Å². The summed E-state index contributed by atoms with van der Waals surface area (Å²) in [5.41, 5.74) is -0.871. The van der Waals surface area contributed by atoms with Crippen LogP contribution >= 0.6 is 0 Å². The molecule has 3 aliphatic rings. The van der Waals surface area contributed by atoms with E-state index in [1.165, 1.54) is 12.1 Å². The molecule has 1 aromatic rings. The van der Waals surface area contributed by atoms with Gasteiger partial charge < -0.3 is 18.9 Å². The Labute approximate surface area is 235 Å². The van der Waals surface area contributed by atoms with E-state index < -0.39 is 42.0 Å². The lowest BCUT2D eigenvalue weighted by Gasteiger charge is -2.40. The highest BCUT2D eigenvalue weighted by atomic mass is 19.3. The summed E-state index contributed by atoms with van der Waals surface area (Å²) in [5.74, 6) is -1.27. The van der Waals surface area contributed by atoms with Crippen LogP contribution in [0, 0.1) is 23.6 Å². The zero-order valence-electron chi connectivity index (χ0n) is 23.8. The minimum Gasteiger partial charge on any atom is -0.493 e. The van der Waals surface area contributed by atoms with Crippen LogP contribution < -0.4 is 4.74 Å². The summed E-state index contributed by atoms with van der Waals surface area (Å²) in [7, 11) is 0. The van der Waals surface area contributed by atoms with Crippen molar-refractivity contribution in [3.05, 3.63) is 29.1 Å². The van der Waals surface area contributed by atoms with Crippen LogP contribution in [0.5, 0.6) is 5.75 Å². The molecule has 0 N–H and O–H groups in total. The minimum absolute atomic E-state index is 0.0489. The molecule has 0 bridgehead atoms. The van der Waals surface area contributed by atoms with Crippen LogP contribution in [0.3, 0.4) is 0 Å². The highest BCUT2D eigenvalue weighted by Crippen LogP contribution is 2.45. The van der Waals surface area contributed by atoms with E-state index in [1.54, 1.807) is 6.92 Å². The maximum absolute atomic E-state index is 15.1. The first-order valence-corrected chi connectivity index (χ1v) is 15.2. The zero-order valence-corrected chi connectivity index (χ0v) is 23.8. The molecule has 0 radical (unpaired) electrons. The average molecular weight is 577 g/mol. The van der Waals surface area contributed by atoms with E-state index in [9.17, 15) is 13.2 Å². The van der Waals surface area contributed by atoms with Crippen molar-refractivity contribution < 1.29 is 40.9 Å². The average Bonchev–Trinajstić information content (AvgIpc) is 2.94. The number of hydrogen-bond acceptors (Lipinski definition) is 4. The van der Waals surface area contributed by atoms with Crippen molar-refractivity contribution in [2.24, 2.45) is 17.8 Å². The number of hydrogen-bond donors (Lipinski definition) is 0. The molecule has 2 atom stereocenters. The smallest absolute Gasteiger partial charge is 0.361 e. The molecule has 1 aromatic carbocycles. The standard InChI is InChI=1S/C31H45F5O4/c1-3-5-18-38-23-11-6-20(7-12-23)21-8-13-24(14-9-21)40-31(35,36)22-10-16-26(39-19-22)25-15-17-27(37-4-2)28(29(25)32)30(33)34/h15,17,20-24,26,30H,3-14,16,18-19H2,1-2H3. The Kier molecular flexibility index (Phi) is 11.5. The van der Waals surface area contributed by atoms with Crippen LogP contribution in [-0.2, 0) is 14.2 Å². The minimum atomic E-state index is -3.36. The van der Waals surface area contributed by atoms with Gasteiger partial charge in [0, 0.05) is 12.2 Å². The third-order valence-corrected chi connectivity index (χ3v) is 9.07. The number of unbranched alkanes of at least 4 members (excludes halogenated alkanes) is 1. The molecular formula is C31H45F5O4. The molecule has 2 unspecified atom stereocenters. The predicted molar refractivity (Wildman–Crippen MR) is 142 cm³/mol. The molecule has 4 rings (SSSR count). The Bertz CT molecular complexity index is 905. The maximum atomic E-state index is 15.1. The Morgan fingerprint density at radius 2 is 1.55 bits per heavy atom. The zero-order chi connectivity index (χ0) is 28.7. The third-order valence-electron chi connectivity index (χ3n) is 9.07. The van der Waals surface area contributed by atoms with Gasteiger partial charge >= 0.3 is 6.11 Å². The number of halogens is 5. The highest BCUT2D eigenvalue weighted by molar-refractivity contribution is 5.40. The molecule has 3 fully saturated rings. The van der Waals surface area contributed by atoms with E-state index in [2.05, 4.69) is 6.92 Å². The van der Waals surface area contributed by atoms with Gasteiger partial charge in [-0.15, -0.1) is 0 Å². The van der Waals surface area contributed by atoms with E-state index >= 15 is 8.78 Å². The Hall–Kier alpha value is -1.45. The van der Waals surface area contributed by atoms with Crippen molar-refractivity contribution in [1.29, 1.82) is 0 Å². The fourth-order valence-corrected chi connectivity index (χ4v) is 6.70. The molecule has 1 heterocycles. The van der Waals surface area contributed by atoms with Crippen LogP contribution in [0.1, 0.15) is 115 Å². The molecule has 1 aliphatic heterocycles. The van der Waals surface area contributed by atoms with Gasteiger partial charge in [0.15, 0.2) is 0 Å². The van der Waals surface area contributed by atoms with Crippen molar-refractivity contribution in [2.75, 3.05) is 19.8 Å². The molecular weight excluding hydrogens is 531 g/mol. The fourth-order valence-electron chi connectivity index (χ4n) is 6.70. The van der Waals surface area contributed by atoms with Gasteiger partial charge in [-0.2, -0.15) is 8.78 Å². The molecule has 2 aliphatic carbocycles. The van der Waals surface area contributed by atoms with E-state index in [0.29, 0.717) is 30.8 Å². The van der Waals surface area contributed by atoms with E-state index in [-0.39, 0.29) is 37.4 Å². The molecule has 2 saturated carbocycles. The lowest BCUT2D eigenvalue weighted by atomic mass is 9.72. The molecule has 1 saturated heterocycles. The quantitative estimate of drug-likeness (QED) is 0.184. The molecule has 40 heavy (non-hydrogen) atoms.